The van der Waals surface area contributed by atoms with Crippen LogP contribution in [0.25, 0.3) is 11.0 Å². The number of aromatic nitrogens is 2. The van der Waals surface area contributed by atoms with Gasteiger partial charge in [-0.2, -0.15) is 0 Å². The van der Waals surface area contributed by atoms with Crippen LogP contribution in [0.2, 0.25) is 0 Å². The highest BCUT2D eigenvalue weighted by atomic mass is 16.3. The Kier molecular flexibility index (Phi) is 4.30. The van der Waals surface area contributed by atoms with E-state index in [0.717, 1.165) is 24.0 Å². The first-order chi connectivity index (χ1) is 9.40. The van der Waals surface area contributed by atoms with E-state index < -0.39 is 6.10 Å². The summed E-state index contributed by atoms with van der Waals surface area (Å²) in [5.74, 6) is 0.705. The number of hydrogen-bond donors (Lipinski definition) is 2. The van der Waals surface area contributed by atoms with Crippen LogP contribution in [0.4, 0.5) is 5.69 Å². The first-order valence-corrected chi connectivity index (χ1v) is 7.00. The van der Waals surface area contributed by atoms with Gasteiger partial charge in [0.25, 0.3) is 0 Å². The maximum atomic E-state index is 9.98. The number of rotatable bonds is 5. The number of aliphatic hydroxyl groups excluding tert-OH is 1. The number of imidazole rings is 1. The number of nitrogen functional groups attached to an aromatic ring is 1. The molecule has 3 N–H and O–H groups in total. The van der Waals surface area contributed by atoms with Gasteiger partial charge >= 0.3 is 0 Å². The average molecular weight is 276 g/mol. The highest BCUT2D eigenvalue weighted by Gasteiger charge is 2.19. The normalized spacial score (nSPS) is 14.9. The van der Waals surface area contributed by atoms with Crippen LogP contribution in [0.3, 0.4) is 0 Å². The van der Waals surface area contributed by atoms with Crippen LogP contribution in [-0.4, -0.2) is 40.2 Å². The number of nitrogens with zero attached hydrogens (tertiary/aromatic N) is 3. The predicted octanol–water partition coefficient (Wildman–Crippen LogP) is 2.18. The molecule has 20 heavy (non-hydrogen) atoms. The SMILES string of the molecule is CC(O)c1nc2cc(N)ccc2n1C(C)CCN(C)C. The lowest BCUT2D eigenvalue weighted by Gasteiger charge is -2.20. The molecule has 0 aliphatic carbocycles. The summed E-state index contributed by atoms with van der Waals surface area (Å²) in [6, 6.07) is 5.99. The molecular weight excluding hydrogens is 252 g/mol. The highest BCUT2D eigenvalue weighted by Crippen LogP contribution is 2.27. The van der Waals surface area contributed by atoms with E-state index in [2.05, 4.69) is 35.5 Å². The highest BCUT2D eigenvalue weighted by molar-refractivity contribution is 5.79. The van der Waals surface area contributed by atoms with Gasteiger partial charge in [0.1, 0.15) is 11.9 Å². The van der Waals surface area contributed by atoms with E-state index in [4.69, 9.17) is 5.73 Å². The molecule has 0 radical (unpaired) electrons. The predicted molar refractivity (Wildman–Crippen MR) is 82.7 cm³/mol. The summed E-state index contributed by atoms with van der Waals surface area (Å²) < 4.78 is 2.13. The lowest BCUT2D eigenvalue weighted by molar-refractivity contribution is 0.181. The van der Waals surface area contributed by atoms with Crippen molar-refractivity contribution in [1.82, 2.24) is 14.5 Å². The number of aliphatic hydroxyl groups is 1. The number of fused-ring (bicyclic) bond motifs is 1. The molecule has 110 valence electrons. The Labute approximate surface area is 120 Å². The molecule has 0 aliphatic heterocycles. The van der Waals surface area contributed by atoms with Crippen LogP contribution in [0, 0.1) is 0 Å². The molecule has 5 nitrogen and oxygen atoms in total. The monoisotopic (exact) mass is 276 g/mol. The maximum absolute atomic E-state index is 9.98. The molecule has 0 saturated carbocycles. The second-order valence-electron chi connectivity index (χ2n) is 5.71. The summed E-state index contributed by atoms with van der Waals surface area (Å²) in [5, 5.41) is 9.98. The van der Waals surface area contributed by atoms with Gasteiger partial charge in [0.2, 0.25) is 0 Å². The van der Waals surface area contributed by atoms with E-state index in [1.54, 1.807) is 6.92 Å². The van der Waals surface area contributed by atoms with E-state index in [1.807, 2.05) is 18.2 Å². The van der Waals surface area contributed by atoms with Crippen molar-refractivity contribution in [2.75, 3.05) is 26.4 Å². The number of nitrogens with two attached hydrogens (primary N) is 1. The maximum Gasteiger partial charge on any atom is 0.138 e. The van der Waals surface area contributed by atoms with E-state index in [9.17, 15) is 5.11 Å². The first-order valence-electron chi connectivity index (χ1n) is 7.00. The molecule has 1 aromatic carbocycles. The molecule has 2 rings (SSSR count). The van der Waals surface area contributed by atoms with Crippen molar-refractivity contribution in [3.8, 4) is 0 Å². The van der Waals surface area contributed by atoms with Crippen molar-refractivity contribution in [2.24, 2.45) is 0 Å². The Morgan fingerprint density at radius 1 is 1.35 bits per heavy atom. The van der Waals surface area contributed by atoms with Crippen molar-refractivity contribution in [3.63, 3.8) is 0 Å². The lowest BCUT2D eigenvalue weighted by Crippen LogP contribution is -2.19. The topological polar surface area (TPSA) is 67.3 Å². The Balaban J connectivity index is 2.45. The minimum absolute atomic E-state index is 0.274. The van der Waals surface area contributed by atoms with E-state index in [0.29, 0.717) is 11.5 Å². The van der Waals surface area contributed by atoms with Crippen LogP contribution in [0.1, 0.15) is 38.2 Å². The molecule has 2 aromatic rings. The van der Waals surface area contributed by atoms with Crippen molar-refractivity contribution in [1.29, 1.82) is 0 Å². The summed E-state index contributed by atoms with van der Waals surface area (Å²) in [6.07, 6.45) is 0.410. The molecule has 1 heterocycles. The van der Waals surface area contributed by atoms with Gasteiger partial charge in [0.15, 0.2) is 0 Å². The fourth-order valence-electron chi connectivity index (χ4n) is 2.47. The third-order valence-electron chi connectivity index (χ3n) is 3.55. The average Bonchev–Trinajstić information content (AvgIpc) is 2.74. The summed E-state index contributed by atoms with van der Waals surface area (Å²) in [7, 11) is 4.13. The zero-order valence-electron chi connectivity index (χ0n) is 12.7. The van der Waals surface area contributed by atoms with Gasteiger partial charge in [-0.1, -0.05) is 0 Å². The fourth-order valence-corrected chi connectivity index (χ4v) is 2.47. The molecule has 0 fully saturated rings. The van der Waals surface area contributed by atoms with Crippen LogP contribution < -0.4 is 5.73 Å². The minimum atomic E-state index is -0.592. The fraction of sp³-hybridized carbons (Fsp3) is 0.533. The van der Waals surface area contributed by atoms with Crippen LogP contribution in [0.15, 0.2) is 18.2 Å². The summed E-state index contributed by atoms with van der Waals surface area (Å²) in [4.78, 5) is 6.70. The van der Waals surface area contributed by atoms with Gasteiger partial charge in [-0.25, -0.2) is 4.98 Å². The molecule has 0 bridgehead atoms. The summed E-state index contributed by atoms with van der Waals surface area (Å²) >= 11 is 0. The van der Waals surface area contributed by atoms with Crippen molar-refractivity contribution >= 4 is 16.7 Å². The molecule has 0 spiro atoms. The van der Waals surface area contributed by atoms with E-state index in [-0.39, 0.29) is 6.04 Å². The molecule has 0 aliphatic rings. The zero-order chi connectivity index (χ0) is 14.9. The van der Waals surface area contributed by atoms with E-state index in [1.165, 1.54) is 0 Å². The first kappa shape index (κ1) is 14.8. The molecular formula is C15H24N4O. The minimum Gasteiger partial charge on any atom is -0.399 e. The standard InChI is InChI=1S/C15H24N4O/c1-10(7-8-18(3)4)19-14-6-5-12(16)9-13(14)17-15(19)11(2)20/h5-6,9-11,20H,7-8,16H2,1-4H3. The third kappa shape index (κ3) is 2.94. The Morgan fingerprint density at radius 2 is 2.05 bits per heavy atom. The third-order valence-corrected chi connectivity index (χ3v) is 3.55. The largest absolute Gasteiger partial charge is 0.399 e. The van der Waals surface area contributed by atoms with Gasteiger partial charge in [0.05, 0.1) is 11.0 Å². The zero-order valence-corrected chi connectivity index (χ0v) is 12.7. The molecule has 0 saturated heterocycles. The lowest BCUT2D eigenvalue weighted by atomic mass is 10.2. The van der Waals surface area contributed by atoms with Crippen molar-refractivity contribution in [3.05, 3.63) is 24.0 Å². The van der Waals surface area contributed by atoms with Crippen molar-refractivity contribution in [2.45, 2.75) is 32.4 Å². The number of anilines is 1. The van der Waals surface area contributed by atoms with E-state index >= 15 is 0 Å². The van der Waals surface area contributed by atoms with Gasteiger partial charge in [0, 0.05) is 11.7 Å². The van der Waals surface area contributed by atoms with Gasteiger partial charge in [-0.05, 0) is 59.1 Å². The molecule has 0 amide bonds. The Bertz CT molecular complexity index is 589. The van der Waals surface area contributed by atoms with Crippen LogP contribution in [-0.2, 0) is 0 Å². The van der Waals surface area contributed by atoms with Gasteiger partial charge in [-0.3, -0.25) is 0 Å². The summed E-state index contributed by atoms with van der Waals surface area (Å²) in [6.45, 7) is 4.90. The second-order valence-corrected chi connectivity index (χ2v) is 5.71. The quantitative estimate of drug-likeness (QED) is 0.821. The van der Waals surface area contributed by atoms with Crippen LogP contribution in [0.5, 0.6) is 0 Å². The Hall–Kier alpha value is -1.59. The Morgan fingerprint density at radius 3 is 2.65 bits per heavy atom. The van der Waals surface area contributed by atoms with Crippen LogP contribution >= 0.6 is 0 Å². The number of hydrogen-bond acceptors (Lipinski definition) is 4. The molecule has 1 aromatic heterocycles. The molecule has 2 unspecified atom stereocenters. The van der Waals surface area contributed by atoms with Crippen molar-refractivity contribution < 1.29 is 5.11 Å². The van der Waals surface area contributed by atoms with Gasteiger partial charge < -0.3 is 20.3 Å². The number of benzene rings is 1. The second kappa shape index (κ2) is 5.81. The summed E-state index contributed by atoms with van der Waals surface area (Å²) in [5.41, 5.74) is 8.38. The smallest absolute Gasteiger partial charge is 0.138 e. The van der Waals surface area contributed by atoms with Gasteiger partial charge in [-0.15, -0.1) is 0 Å². The molecule has 5 heteroatoms. The molecule has 2 atom stereocenters.